The zero-order valence-corrected chi connectivity index (χ0v) is 15.1. The molecule has 0 aliphatic rings. The predicted molar refractivity (Wildman–Crippen MR) is 105 cm³/mol. The van der Waals surface area contributed by atoms with Gasteiger partial charge in [0.15, 0.2) is 0 Å². The molecule has 0 fully saturated rings. The average molecular weight is 373 g/mol. The molecule has 0 saturated carbocycles. The van der Waals surface area contributed by atoms with Gasteiger partial charge in [-0.05, 0) is 30.8 Å². The van der Waals surface area contributed by atoms with Gasteiger partial charge in [0.2, 0.25) is 0 Å². The molecule has 9 nitrogen and oxygen atoms in total. The van der Waals surface area contributed by atoms with Crippen LogP contribution in [0.1, 0.15) is 6.92 Å². The molecular formula is C18H23N5O4. The summed E-state index contributed by atoms with van der Waals surface area (Å²) >= 11 is 0. The Morgan fingerprint density at radius 1 is 0.778 bits per heavy atom. The fourth-order valence-corrected chi connectivity index (χ4v) is 2.55. The first-order valence-electron chi connectivity index (χ1n) is 8.68. The van der Waals surface area contributed by atoms with Crippen molar-refractivity contribution in [3.63, 3.8) is 0 Å². The van der Waals surface area contributed by atoms with Gasteiger partial charge >= 0.3 is 0 Å². The number of anilines is 2. The van der Waals surface area contributed by atoms with Gasteiger partial charge in [0, 0.05) is 61.8 Å². The average Bonchev–Trinajstić information content (AvgIpc) is 2.67. The van der Waals surface area contributed by atoms with E-state index in [9.17, 15) is 20.2 Å². The SMILES string of the molecule is CCN(CCNc1ccc([N+](=O)[O-])cc1)CCNc1ccc([N+](=O)[O-])cc1. The van der Waals surface area contributed by atoms with E-state index in [0.29, 0.717) is 0 Å². The zero-order valence-electron chi connectivity index (χ0n) is 15.1. The molecule has 0 heterocycles. The van der Waals surface area contributed by atoms with E-state index >= 15 is 0 Å². The minimum Gasteiger partial charge on any atom is -0.384 e. The molecule has 0 bridgehead atoms. The number of non-ortho nitro benzene ring substituents is 2. The van der Waals surface area contributed by atoms with Crippen LogP contribution in [0.4, 0.5) is 22.7 Å². The highest BCUT2D eigenvalue weighted by Gasteiger charge is 2.06. The molecule has 27 heavy (non-hydrogen) atoms. The van der Waals surface area contributed by atoms with Crippen molar-refractivity contribution in [3.8, 4) is 0 Å². The third kappa shape index (κ3) is 6.55. The first-order chi connectivity index (χ1) is 13.0. The summed E-state index contributed by atoms with van der Waals surface area (Å²) in [7, 11) is 0. The maximum atomic E-state index is 10.6. The van der Waals surface area contributed by atoms with Gasteiger partial charge in [-0.1, -0.05) is 6.92 Å². The molecule has 0 aliphatic carbocycles. The summed E-state index contributed by atoms with van der Waals surface area (Å²) in [6.07, 6.45) is 0. The van der Waals surface area contributed by atoms with Crippen molar-refractivity contribution in [1.82, 2.24) is 4.90 Å². The summed E-state index contributed by atoms with van der Waals surface area (Å²) in [5.41, 5.74) is 1.85. The maximum Gasteiger partial charge on any atom is 0.269 e. The quantitative estimate of drug-likeness (QED) is 0.458. The highest BCUT2D eigenvalue weighted by Crippen LogP contribution is 2.16. The van der Waals surface area contributed by atoms with Gasteiger partial charge in [0.1, 0.15) is 0 Å². The van der Waals surface area contributed by atoms with E-state index < -0.39 is 9.85 Å². The molecule has 2 aromatic carbocycles. The minimum atomic E-state index is -0.416. The molecule has 0 spiro atoms. The van der Waals surface area contributed by atoms with Gasteiger partial charge in [-0.3, -0.25) is 20.2 Å². The van der Waals surface area contributed by atoms with E-state index in [1.165, 1.54) is 24.3 Å². The van der Waals surface area contributed by atoms with Gasteiger partial charge in [0.05, 0.1) is 9.85 Å². The monoisotopic (exact) mass is 373 g/mol. The number of hydrogen-bond acceptors (Lipinski definition) is 7. The highest BCUT2D eigenvalue weighted by atomic mass is 16.6. The molecule has 0 aromatic heterocycles. The Kier molecular flexibility index (Phi) is 7.50. The largest absolute Gasteiger partial charge is 0.384 e. The Labute approximate surface area is 157 Å². The van der Waals surface area contributed by atoms with Crippen LogP contribution in [-0.2, 0) is 0 Å². The van der Waals surface area contributed by atoms with Gasteiger partial charge in [-0.2, -0.15) is 0 Å². The second-order valence-electron chi connectivity index (χ2n) is 5.90. The Balaban J connectivity index is 1.70. The zero-order chi connectivity index (χ0) is 19.6. The third-order valence-corrected chi connectivity index (χ3v) is 4.12. The van der Waals surface area contributed by atoms with Gasteiger partial charge < -0.3 is 15.5 Å². The van der Waals surface area contributed by atoms with Crippen molar-refractivity contribution in [1.29, 1.82) is 0 Å². The van der Waals surface area contributed by atoms with Crippen LogP contribution < -0.4 is 10.6 Å². The molecule has 2 rings (SSSR count). The highest BCUT2D eigenvalue weighted by molar-refractivity contribution is 5.49. The Hall–Kier alpha value is -3.20. The Morgan fingerprint density at radius 3 is 1.44 bits per heavy atom. The molecule has 9 heteroatoms. The second kappa shape index (κ2) is 10.1. The summed E-state index contributed by atoms with van der Waals surface area (Å²) in [6.45, 7) is 6.08. The van der Waals surface area contributed by atoms with Crippen LogP contribution in [0.2, 0.25) is 0 Å². The molecule has 0 amide bonds. The lowest BCUT2D eigenvalue weighted by atomic mass is 10.3. The molecule has 0 atom stereocenters. The van der Waals surface area contributed by atoms with Crippen molar-refractivity contribution in [2.75, 3.05) is 43.4 Å². The molecule has 0 aliphatic heterocycles. The van der Waals surface area contributed by atoms with E-state index in [4.69, 9.17) is 0 Å². The number of hydrogen-bond donors (Lipinski definition) is 2. The normalized spacial score (nSPS) is 10.6. The van der Waals surface area contributed by atoms with Crippen LogP contribution in [0.3, 0.4) is 0 Å². The van der Waals surface area contributed by atoms with Crippen LogP contribution in [0.5, 0.6) is 0 Å². The lowest BCUT2D eigenvalue weighted by Gasteiger charge is -2.21. The standard InChI is InChI=1S/C18H23N5O4/c1-2-21(13-11-19-15-3-7-17(8-4-15)22(24)25)14-12-20-16-5-9-18(10-6-16)23(26)27/h3-10,19-20H,2,11-14H2,1H3. The number of nitrogens with zero attached hydrogens (tertiary/aromatic N) is 3. The summed E-state index contributed by atoms with van der Waals surface area (Å²) in [4.78, 5) is 22.7. The van der Waals surface area contributed by atoms with E-state index in [-0.39, 0.29) is 11.4 Å². The number of nitro groups is 2. The van der Waals surface area contributed by atoms with E-state index in [0.717, 1.165) is 44.1 Å². The topological polar surface area (TPSA) is 114 Å². The van der Waals surface area contributed by atoms with E-state index in [2.05, 4.69) is 22.5 Å². The molecule has 2 N–H and O–H groups in total. The molecule has 0 radical (unpaired) electrons. The first-order valence-corrected chi connectivity index (χ1v) is 8.68. The number of likely N-dealkylation sites (N-methyl/N-ethyl adjacent to an activating group) is 1. The lowest BCUT2D eigenvalue weighted by Crippen LogP contribution is -2.33. The van der Waals surface area contributed by atoms with Gasteiger partial charge in [-0.25, -0.2) is 0 Å². The Bertz CT molecular complexity index is 686. The predicted octanol–water partition coefficient (Wildman–Crippen LogP) is 3.35. The third-order valence-electron chi connectivity index (χ3n) is 4.12. The molecule has 0 saturated heterocycles. The molecule has 144 valence electrons. The van der Waals surface area contributed by atoms with Crippen molar-refractivity contribution in [3.05, 3.63) is 68.8 Å². The van der Waals surface area contributed by atoms with Crippen LogP contribution in [-0.4, -0.2) is 47.5 Å². The summed E-state index contributed by atoms with van der Waals surface area (Å²) < 4.78 is 0. The van der Waals surface area contributed by atoms with Crippen molar-refractivity contribution >= 4 is 22.7 Å². The molecular weight excluding hydrogens is 350 g/mol. The van der Waals surface area contributed by atoms with Crippen LogP contribution in [0, 0.1) is 20.2 Å². The van der Waals surface area contributed by atoms with Crippen molar-refractivity contribution in [2.24, 2.45) is 0 Å². The van der Waals surface area contributed by atoms with Gasteiger partial charge in [0.25, 0.3) is 11.4 Å². The summed E-state index contributed by atoms with van der Waals surface area (Å²) in [6, 6.07) is 12.7. The van der Waals surface area contributed by atoms with Crippen molar-refractivity contribution < 1.29 is 9.85 Å². The summed E-state index contributed by atoms with van der Waals surface area (Å²) in [5, 5.41) is 27.8. The van der Waals surface area contributed by atoms with Crippen LogP contribution in [0.25, 0.3) is 0 Å². The van der Waals surface area contributed by atoms with Gasteiger partial charge in [-0.15, -0.1) is 0 Å². The van der Waals surface area contributed by atoms with Crippen LogP contribution in [0.15, 0.2) is 48.5 Å². The van der Waals surface area contributed by atoms with Crippen molar-refractivity contribution in [2.45, 2.75) is 6.92 Å². The molecule has 0 unspecified atom stereocenters. The van der Waals surface area contributed by atoms with E-state index in [1.807, 2.05) is 0 Å². The molecule has 2 aromatic rings. The Morgan fingerprint density at radius 2 is 1.15 bits per heavy atom. The second-order valence-corrected chi connectivity index (χ2v) is 5.90. The smallest absolute Gasteiger partial charge is 0.269 e. The first kappa shape index (κ1) is 20.1. The van der Waals surface area contributed by atoms with E-state index in [1.54, 1.807) is 24.3 Å². The maximum absolute atomic E-state index is 10.6. The number of nitrogens with one attached hydrogen (secondary N) is 2. The number of rotatable bonds is 11. The lowest BCUT2D eigenvalue weighted by molar-refractivity contribution is -0.385. The number of benzene rings is 2. The summed E-state index contributed by atoms with van der Waals surface area (Å²) in [5.74, 6) is 0. The van der Waals surface area contributed by atoms with Crippen LogP contribution >= 0.6 is 0 Å². The minimum absolute atomic E-state index is 0.0769. The fourth-order valence-electron chi connectivity index (χ4n) is 2.55. The number of nitro benzene ring substituents is 2. The fraction of sp³-hybridized carbons (Fsp3) is 0.333.